The van der Waals surface area contributed by atoms with Crippen molar-refractivity contribution < 1.29 is 28.7 Å². The van der Waals surface area contributed by atoms with Crippen molar-refractivity contribution in [3.05, 3.63) is 263 Å². The third-order valence-corrected chi connectivity index (χ3v) is 18.5. The van der Waals surface area contributed by atoms with Crippen molar-refractivity contribution in [2.24, 2.45) is 0 Å². The van der Waals surface area contributed by atoms with Crippen LogP contribution in [0, 0.1) is 6.92 Å². The number of aryl methyl sites for hydroxylation is 1. The zero-order chi connectivity index (χ0) is 48.9. The number of benzene rings is 9. The summed E-state index contributed by atoms with van der Waals surface area (Å²) in [5, 5.41) is 4.62. The molecular weight excluding hydrogens is 900 g/mol. The summed E-state index contributed by atoms with van der Waals surface area (Å²) in [5.74, 6) is 0.538. The third-order valence-electron chi connectivity index (χ3n) is 13.8. The fourth-order valence-electron chi connectivity index (χ4n) is 10.1. The molecule has 0 aromatic heterocycles. The standard InChI is InChI=1S/C62H47N2O6P/c1-41-15-13-16-44(37-41)63-58(65)54-35-33-48(39-56(54)60(63)67)69-46-29-25-42(26-30-46)62(2,3)43-27-31-47(32-28-43)70-49-34-36-55-57(40-49)61(68)64(59(55)66)45-17-14-24-53(38-45)71(50-18-7-4-8-19-50,51-20-9-5-10-21-51)52-22-11-6-12-23-52/h4-40,71H,1-3H3. The smallest absolute Gasteiger partial charge is 0.268 e. The van der Waals surface area contributed by atoms with Gasteiger partial charge in [0.15, 0.2) is 0 Å². The van der Waals surface area contributed by atoms with Gasteiger partial charge in [-0.2, -0.15) is 0 Å². The minimum atomic E-state index is -2.92. The number of nitrogens with zero attached hydrogens (tertiary/aromatic N) is 2. The Hall–Kier alpha value is -8.71. The Bertz CT molecular complexity index is 3450. The number of carbonyl (C=O) groups excluding carboxylic acids is 4. The van der Waals surface area contributed by atoms with Gasteiger partial charge in [0.05, 0.1) is 16.8 Å². The number of hydrogen-bond acceptors (Lipinski definition) is 6. The Labute approximate surface area is 412 Å². The summed E-state index contributed by atoms with van der Waals surface area (Å²) in [6, 6.07) is 72.5. The van der Waals surface area contributed by atoms with Crippen LogP contribution in [-0.2, 0) is 5.41 Å². The van der Waals surface area contributed by atoms with Crippen molar-refractivity contribution in [1.82, 2.24) is 0 Å². The van der Waals surface area contributed by atoms with Gasteiger partial charge in [-0.3, -0.25) is 9.59 Å². The van der Waals surface area contributed by atoms with E-state index >= 15 is 0 Å². The molecule has 0 N–H and O–H groups in total. The number of ether oxygens (including phenoxy) is 2. The minimum Gasteiger partial charge on any atom is -0.268 e. The van der Waals surface area contributed by atoms with E-state index in [2.05, 4.69) is 92.7 Å². The minimum absolute atomic E-state index is 0.283. The van der Waals surface area contributed by atoms with Gasteiger partial charge < -0.3 is 4.74 Å². The normalized spacial score (nSPS) is 13.6. The van der Waals surface area contributed by atoms with Gasteiger partial charge in [-0.25, -0.2) is 4.90 Å². The number of anilines is 2. The molecule has 0 radical (unpaired) electrons. The Morgan fingerprint density at radius 3 is 1.14 bits per heavy atom. The molecular formula is C62H47N2O6P. The summed E-state index contributed by atoms with van der Waals surface area (Å²) in [5.41, 5.74) is 4.95. The molecule has 2 aliphatic heterocycles. The number of hydrogen-bond donors (Lipinski definition) is 0. The van der Waals surface area contributed by atoms with Crippen molar-refractivity contribution in [2.75, 3.05) is 9.80 Å². The van der Waals surface area contributed by atoms with Crippen LogP contribution in [0.5, 0.6) is 23.0 Å². The predicted molar refractivity (Wildman–Crippen MR) is 284 cm³/mol. The summed E-state index contributed by atoms with van der Waals surface area (Å²) in [7, 11) is -2.92. The molecule has 0 atom stereocenters. The first-order valence-corrected chi connectivity index (χ1v) is 25.5. The van der Waals surface area contributed by atoms with Gasteiger partial charge in [-0.05, 0) is 66.1 Å². The topological polar surface area (TPSA) is 93.2 Å². The van der Waals surface area contributed by atoms with Gasteiger partial charge in [-0.1, -0.05) is 38.1 Å². The van der Waals surface area contributed by atoms with Gasteiger partial charge >= 0.3 is 246 Å². The van der Waals surface area contributed by atoms with Crippen LogP contribution in [0.4, 0.5) is 11.4 Å². The number of imide groups is 2. The first-order chi connectivity index (χ1) is 34.5. The van der Waals surface area contributed by atoms with E-state index in [1.165, 1.54) is 25.7 Å². The van der Waals surface area contributed by atoms with Gasteiger partial charge in [0.25, 0.3) is 11.8 Å². The van der Waals surface area contributed by atoms with E-state index in [4.69, 9.17) is 9.47 Å². The molecule has 0 saturated carbocycles. The first-order valence-electron chi connectivity index (χ1n) is 23.5. The average Bonchev–Trinajstić information content (AvgIpc) is 3.80. The van der Waals surface area contributed by atoms with Crippen molar-refractivity contribution in [2.45, 2.75) is 26.2 Å². The molecule has 346 valence electrons. The average molecular weight is 947 g/mol. The van der Waals surface area contributed by atoms with Gasteiger partial charge in [0, 0.05) is 5.41 Å². The van der Waals surface area contributed by atoms with Crippen LogP contribution < -0.4 is 40.5 Å². The maximum absolute atomic E-state index is 14.3. The van der Waals surface area contributed by atoms with E-state index in [0.717, 1.165) is 22.0 Å². The Morgan fingerprint density at radius 1 is 0.352 bits per heavy atom. The summed E-state index contributed by atoms with van der Waals surface area (Å²) in [6.07, 6.45) is 0. The Kier molecular flexibility index (Phi) is 11.3. The fraction of sp³-hybridized carbons (Fsp3) is 0.0645. The summed E-state index contributed by atoms with van der Waals surface area (Å²) in [4.78, 5) is 57.6. The summed E-state index contributed by atoms with van der Waals surface area (Å²) in [6.45, 7) is 6.20. The molecule has 11 rings (SSSR count). The molecule has 0 unspecified atom stereocenters. The van der Waals surface area contributed by atoms with Crippen LogP contribution in [0.2, 0.25) is 0 Å². The van der Waals surface area contributed by atoms with Crippen LogP contribution in [0.3, 0.4) is 0 Å². The molecule has 0 aliphatic carbocycles. The monoisotopic (exact) mass is 946 g/mol. The van der Waals surface area contributed by atoms with Crippen LogP contribution in [0.15, 0.2) is 224 Å². The second-order valence-corrected chi connectivity index (χ2v) is 22.2. The first kappa shape index (κ1) is 44.8. The van der Waals surface area contributed by atoms with Crippen molar-refractivity contribution in [3.8, 4) is 23.0 Å². The number of amides is 4. The number of fused-ring (bicyclic) bond motifs is 2. The van der Waals surface area contributed by atoms with Gasteiger partial charge in [0.2, 0.25) is 0 Å². The molecule has 71 heavy (non-hydrogen) atoms. The molecule has 4 amide bonds. The molecule has 0 fully saturated rings. The van der Waals surface area contributed by atoms with Gasteiger partial charge in [-0.15, -0.1) is 0 Å². The molecule has 0 saturated heterocycles. The van der Waals surface area contributed by atoms with E-state index in [1.54, 1.807) is 42.5 Å². The number of rotatable bonds is 12. The third kappa shape index (κ3) is 7.89. The Balaban J connectivity index is 0.794. The molecule has 8 nitrogen and oxygen atoms in total. The van der Waals surface area contributed by atoms with Crippen molar-refractivity contribution >= 4 is 63.5 Å². The number of carbonyl (C=O) groups is 4. The van der Waals surface area contributed by atoms with E-state index in [-0.39, 0.29) is 23.3 Å². The molecule has 2 aliphatic rings. The second-order valence-electron chi connectivity index (χ2n) is 18.4. The zero-order valence-electron chi connectivity index (χ0n) is 39.2. The van der Waals surface area contributed by atoms with Crippen molar-refractivity contribution in [1.29, 1.82) is 0 Å². The Morgan fingerprint density at radius 2 is 0.718 bits per heavy atom. The quantitative estimate of drug-likeness (QED) is 0.0895. The zero-order valence-corrected chi connectivity index (χ0v) is 40.2. The van der Waals surface area contributed by atoms with Crippen LogP contribution in [0.25, 0.3) is 0 Å². The molecule has 0 spiro atoms. The molecule has 9 aromatic carbocycles. The summed E-state index contributed by atoms with van der Waals surface area (Å²) < 4.78 is 12.5. The molecule has 9 aromatic rings. The molecule has 0 bridgehead atoms. The predicted octanol–water partition coefficient (Wildman–Crippen LogP) is 11.9. The van der Waals surface area contributed by atoms with Crippen LogP contribution in [0.1, 0.15) is 72.0 Å². The SMILES string of the molecule is Cc1cccc(N2C(=O)c3ccc(Oc4ccc(C(C)(C)c5ccc(Oc6ccc7c(c6)C(=O)N(c6cccc([PH](c8ccccc8)(c8ccccc8)c8ccccc8)c6)C7=O)cc5)cc4)cc3C2=O)c1. The van der Waals surface area contributed by atoms with Crippen LogP contribution >= 0.6 is 7.26 Å². The van der Waals surface area contributed by atoms with Crippen LogP contribution in [-0.4, -0.2) is 23.6 Å². The van der Waals surface area contributed by atoms with Gasteiger partial charge in [0.1, 0.15) is 11.5 Å². The molecule has 9 heteroatoms. The van der Waals surface area contributed by atoms with Crippen molar-refractivity contribution in [3.63, 3.8) is 0 Å². The summed E-state index contributed by atoms with van der Waals surface area (Å²) >= 11 is 0. The molecule has 2 heterocycles. The fourth-order valence-corrected chi connectivity index (χ4v) is 14.9. The maximum atomic E-state index is 14.3. The van der Waals surface area contributed by atoms with E-state index in [1.807, 2.05) is 110 Å². The van der Waals surface area contributed by atoms with E-state index in [9.17, 15) is 19.2 Å². The van der Waals surface area contributed by atoms with E-state index in [0.29, 0.717) is 51.1 Å². The van der Waals surface area contributed by atoms with E-state index < -0.39 is 18.6 Å². The second kappa shape index (κ2) is 18.0.